The highest BCUT2D eigenvalue weighted by molar-refractivity contribution is 5.73. The van der Waals surface area contributed by atoms with Crippen LogP contribution in [0.1, 0.15) is 20.3 Å². The third kappa shape index (κ3) is 5.40. The van der Waals surface area contributed by atoms with Crippen LogP contribution in [0.2, 0.25) is 0 Å². The van der Waals surface area contributed by atoms with Crippen LogP contribution in [0.25, 0.3) is 0 Å². The van der Waals surface area contributed by atoms with Gasteiger partial charge in [0.25, 0.3) is 0 Å². The Morgan fingerprint density at radius 2 is 2.27 bits per heavy atom. The minimum Gasteiger partial charge on any atom is -0.353 e. The number of nitrogens with one attached hydrogen (secondary N) is 1. The van der Waals surface area contributed by atoms with Gasteiger partial charge in [0.15, 0.2) is 0 Å². The predicted molar refractivity (Wildman–Crippen MR) is 47.3 cm³/mol. The first-order chi connectivity index (χ1) is 5.20. The Morgan fingerprint density at radius 1 is 1.64 bits per heavy atom. The fourth-order valence-corrected chi connectivity index (χ4v) is 0.706. The van der Waals surface area contributed by atoms with Crippen LogP contribution in [-0.4, -0.2) is 12.5 Å². The molecule has 0 fully saturated rings. The summed E-state index contributed by atoms with van der Waals surface area (Å²) in [5.74, 6) is 0.00779. The summed E-state index contributed by atoms with van der Waals surface area (Å²) in [6.07, 6.45) is 4.61. The maximum absolute atomic E-state index is 10.5. The van der Waals surface area contributed by atoms with E-state index in [-0.39, 0.29) is 5.91 Å². The highest BCUT2D eigenvalue weighted by atomic mass is 16.1. The van der Waals surface area contributed by atoms with Crippen LogP contribution in [0.5, 0.6) is 0 Å². The van der Waals surface area contributed by atoms with Gasteiger partial charge < -0.3 is 5.32 Å². The van der Waals surface area contributed by atoms with Crippen molar-refractivity contribution in [2.45, 2.75) is 20.3 Å². The molecule has 0 aromatic carbocycles. The first kappa shape index (κ1) is 9.95. The first-order valence-electron chi connectivity index (χ1n) is 3.75. The van der Waals surface area contributed by atoms with E-state index >= 15 is 0 Å². The lowest BCUT2D eigenvalue weighted by molar-refractivity contribution is -0.118. The molecule has 0 atom stereocenters. The molecule has 1 amide bonds. The molecular weight excluding hydrogens is 138 g/mol. The van der Waals surface area contributed by atoms with Crippen LogP contribution >= 0.6 is 0 Å². The van der Waals surface area contributed by atoms with Crippen LogP contribution < -0.4 is 5.32 Å². The van der Waals surface area contributed by atoms with E-state index in [1.807, 2.05) is 6.08 Å². The third-order valence-electron chi connectivity index (χ3n) is 1.37. The summed E-state index contributed by atoms with van der Waals surface area (Å²) < 4.78 is 0. The van der Waals surface area contributed by atoms with Gasteiger partial charge in [-0.3, -0.25) is 4.79 Å². The quantitative estimate of drug-likeness (QED) is 0.611. The monoisotopic (exact) mass is 153 g/mol. The van der Waals surface area contributed by atoms with E-state index in [0.29, 0.717) is 6.54 Å². The molecule has 0 rings (SSSR count). The number of allylic oxidation sites excluding steroid dienone is 2. The summed E-state index contributed by atoms with van der Waals surface area (Å²) in [5, 5.41) is 2.73. The molecule has 0 spiro atoms. The van der Waals surface area contributed by atoms with Gasteiger partial charge in [-0.15, -0.1) is 0 Å². The average molecular weight is 153 g/mol. The molecule has 0 aliphatic heterocycles. The van der Waals surface area contributed by atoms with Gasteiger partial charge in [-0.05, 0) is 6.42 Å². The van der Waals surface area contributed by atoms with Gasteiger partial charge in [-0.25, -0.2) is 0 Å². The van der Waals surface area contributed by atoms with E-state index in [2.05, 4.69) is 18.8 Å². The van der Waals surface area contributed by atoms with Gasteiger partial charge in [0.05, 0.1) is 0 Å². The van der Waals surface area contributed by atoms with Crippen molar-refractivity contribution in [1.29, 1.82) is 0 Å². The van der Waals surface area contributed by atoms with Gasteiger partial charge in [-0.2, -0.15) is 0 Å². The number of carbonyl (C=O) groups excluding carboxylic acids is 1. The summed E-state index contributed by atoms with van der Waals surface area (Å²) in [6.45, 7) is 7.79. The number of hydrogen-bond donors (Lipinski definition) is 1. The Bertz CT molecular complexity index is 170. The van der Waals surface area contributed by atoms with Gasteiger partial charge in [-0.1, -0.05) is 31.2 Å². The zero-order chi connectivity index (χ0) is 8.69. The molecule has 0 aromatic heterocycles. The van der Waals surface area contributed by atoms with Crippen molar-refractivity contribution in [3.8, 4) is 0 Å². The van der Waals surface area contributed by atoms with Gasteiger partial charge in [0.1, 0.15) is 0 Å². The maximum atomic E-state index is 10.5. The van der Waals surface area contributed by atoms with E-state index in [1.165, 1.54) is 12.5 Å². The summed E-state index contributed by atoms with van der Waals surface area (Å²) >= 11 is 0. The van der Waals surface area contributed by atoms with Crippen molar-refractivity contribution < 1.29 is 4.79 Å². The second-order valence-electron chi connectivity index (χ2n) is 2.32. The van der Waals surface area contributed by atoms with E-state index in [9.17, 15) is 4.79 Å². The first-order valence-corrected chi connectivity index (χ1v) is 3.75. The Morgan fingerprint density at radius 3 is 2.64 bits per heavy atom. The minimum absolute atomic E-state index is 0.00779. The SMILES string of the molecule is C=C/C=C(\CC)CNC(C)=O. The molecule has 0 unspecified atom stereocenters. The van der Waals surface area contributed by atoms with Gasteiger partial charge in [0, 0.05) is 13.5 Å². The Labute approximate surface area is 68.0 Å². The van der Waals surface area contributed by atoms with E-state index in [0.717, 1.165) is 6.42 Å². The van der Waals surface area contributed by atoms with Crippen molar-refractivity contribution in [1.82, 2.24) is 5.32 Å². The summed E-state index contributed by atoms with van der Waals surface area (Å²) in [7, 11) is 0. The maximum Gasteiger partial charge on any atom is 0.217 e. The second-order valence-corrected chi connectivity index (χ2v) is 2.32. The molecule has 11 heavy (non-hydrogen) atoms. The van der Waals surface area contributed by atoms with Crippen LogP contribution in [0.4, 0.5) is 0 Å². The lowest BCUT2D eigenvalue weighted by Gasteiger charge is -2.03. The molecule has 62 valence electrons. The number of hydrogen-bond acceptors (Lipinski definition) is 1. The van der Waals surface area contributed by atoms with Crippen LogP contribution in [0.15, 0.2) is 24.3 Å². The normalized spacial score (nSPS) is 10.9. The molecule has 0 radical (unpaired) electrons. The summed E-state index contributed by atoms with van der Waals surface area (Å²) in [4.78, 5) is 10.5. The molecular formula is C9H15NO. The van der Waals surface area contributed by atoms with Crippen molar-refractivity contribution in [2.24, 2.45) is 0 Å². The number of carbonyl (C=O) groups is 1. The van der Waals surface area contributed by atoms with Crippen LogP contribution in [0.3, 0.4) is 0 Å². The van der Waals surface area contributed by atoms with E-state index < -0.39 is 0 Å². The van der Waals surface area contributed by atoms with Gasteiger partial charge >= 0.3 is 0 Å². The molecule has 2 heteroatoms. The molecule has 0 saturated heterocycles. The molecule has 0 aromatic rings. The van der Waals surface area contributed by atoms with Crippen LogP contribution in [-0.2, 0) is 4.79 Å². The lowest BCUT2D eigenvalue weighted by Crippen LogP contribution is -2.22. The molecule has 0 heterocycles. The molecule has 0 aliphatic rings. The smallest absolute Gasteiger partial charge is 0.217 e. The highest BCUT2D eigenvalue weighted by Crippen LogP contribution is 1.97. The fraction of sp³-hybridized carbons (Fsp3) is 0.444. The van der Waals surface area contributed by atoms with Crippen LogP contribution in [0, 0.1) is 0 Å². The largest absolute Gasteiger partial charge is 0.353 e. The summed E-state index contributed by atoms with van der Waals surface area (Å²) in [5.41, 5.74) is 1.19. The highest BCUT2D eigenvalue weighted by Gasteiger charge is 1.93. The lowest BCUT2D eigenvalue weighted by atomic mass is 10.2. The number of amides is 1. The third-order valence-corrected chi connectivity index (χ3v) is 1.37. The summed E-state index contributed by atoms with van der Waals surface area (Å²) in [6, 6.07) is 0. The Hall–Kier alpha value is -1.05. The molecule has 1 N–H and O–H groups in total. The van der Waals surface area contributed by atoms with Crippen molar-refractivity contribution >= 4 is 5.91 Å². The van der Waals surface area contributed by atoms with Crippen molar-refractivity contribution in [3.63, 3.8) is 0 Å². The van der Waals surface area contributed by atoms with E-state index in [1.54, 1.807) is 6.08 Å². The molecule has 0 aliphatic carbocycles. The van der Waals surface area contributed by atoms with Gasteiger partial charge in [0.2, 0.25) is 5.91 Å². The fourth-order valence-electron chi connectivity index (χ4n) is 0.706. The average Bonchev–Trinajstić information content (AvgIpc) is 1.97. The molecule has 0 saturated carbocycles. The predicted octanol–water partition coefficient (Wildman–Crippen LogP) is 1.64. The topological polar surface area (TPSA) is 29.1 Å². The van der Waals surface area contributed by atoms with E-state index in [4.69, 9.17) is 0 Å². The minimum atomic E-state index is 0.00779. The zero-order valence-electron chi connectivity index (χ0n) is 7.18. The zero-order valence-corrected chi connectivity index (χ0v) is 7.18. The standard InChI is InChI=1S/C9H15NO/c1-4-6-9(5-2)7-10-8(3)11/h4,6H,1,5,7H2,2-3H3,(H,10,11)/b9-6+. The number of rotatable bonds is 4. The van der Waals surface area contributed by atoms with Crippen molar-refractivity contribution in [2.75, 3.05) is 6.54 Å². The second kappa shape index (κ2) is 5.71. The molecule has 0 bridgehead atoms. The Balaban J connectivity index is 3.79. The molecule has 2 nitrogen and oxygen atoms in total. The Kier molecular flexibility index (Phi) is 5.17. The van der Waals surface area contributed by atoms with Crippen molar-refractivity contribution in [3.05, 3.63) is 24.3 Å².